The molecule has 150 valence electrons. The van der Waals surface area contributed by atoms with Gasteiger partial charge in [-0.3, -0.25) is 4.18 Å². The van der Waals surface area contributed by atoms with Crippen molar-refractivity contribution >= 4 is 10.4 Å². The molecule has 0 bridgehead atoms. The molecule has 0 aromatic rings. The van der Waals surface area contributed by atoms with E-state index < -0.39 is 10.4 Å². The average molecular weight is 399 g/mol. The van der Waals surface area contributed by atoms with Gasteiger partial charge in [0.15, 0.2) is 0 Å². The van der Waals surface area contributed by atoms with Crippen molar-refractivity contribution in [1.29, 1.82) is 0 Å². The summed E-state index contributed by atoms with van der Waals surface area (Å²) in [6.07, 6.45) is 21.0. The normalized spacial score (nSPS) is 13.0. The Balaban J connectivity index is 0. The Bertz CT molecular complexity index is 410. The smallest absolute Gasteiger partial charge is 0.726 e. The van der Waals surface area contributed by atoms with Gasteiger partial charge in [0.1, 0.15) is 0 Å². The molecule has 0 aliphatic rings. The predicted molar refractivity (Wildman–Crippen MR) is 104 cm³/mol. The quantitative estimate of drug-likeness (QED) is 0.117. The Kier molecular flexibility index (Phi) is 22.6. The van der Waals surface area contributed by atoms with E-state index in [0.717, 1.165) is 25.7 Å². The molecular formula is C20H39NaO4S. The van der Waals surface area contributed by atoms with Crippen molar-refractivity contribution in [2.24, 2.45) is 5.92 Å². The summed E-state index contributed by atoms with van der Waals surface area (Å²) in [5, 5.41) is 0. The first-order valence-corrected chi connectivity index (χ1v) is 11.6. The van der Waals surface area contributed by atoms with Crippen LogP contribution in [0.1, 0.15) is 104 Å². The summed E-state index contributed by atoms with van der Waals surface area (Å²) >= 11 is 0. The van der Waals surface area contributed by atoms with Crippen LogP contribution in [0.15, 0.2) is 12.2 Å². The molecular weight excluding hydrogens is 359 g/mol. The van der Waals surface area contributed by atoms with Crippen LogP contribution in [0, 0.1) is 5.92 Å². The third-order valence-corrected chi connectivity index (χ3v) is 4.91. The fourth-order valence-electron chi connectivity index (χ4n) is 2.92. The number of allylic oxidation sites excluding steroid dienone is 1. The van der Waals surface area contributed by atoms with Crippen molar-refractivity contribution < 1.29 is 46.7 Å². The maximum Gasteiger partial charge on any atom is 1.00 e. The molecule has 0 heterocycles. The molecule has 1 atom stereocenters. The van der Waals surface area contributed by atoms with E-state index in [1.54, 1.807) is 0 Å². The summed E-state index contributed by atoms with van der Waals surface area (Å²) in [6.45, 7) is 4.38. The zero-order valence-electron chi connectivity index (χ0n) is 17.4. The van der Waals surface area contributed by atoms with Crippen molar-refractivity contribution in [3.05, 3.63) is 12.2 Å². The minimum atomic E-state index is -4.59. The van der Waals surface area contributed by atoms with Crippen LogP contribution in [0.25, 0.3) is 0 Å². The van der Waals surface area contributed by atoms with E-state index in [4.69, 9.17) is 0 Å². The summed E-state index contributed by atoms with van der Waals surface area (Å²) < 4.78 is 36.4. The molecule has 0 aliphatic heterocycles. The monoisotopic (exact) mass is 398 g/mol. The fraction of sp³-hybridized carbons (Fsp3) is 0.900. The molecule has 4 nitrogen and oxygen atoms in total. The van der Waals surface area contributed by atoms with Crippen molar-refractivity contribution in [2.75, 3.05) is 6.61 Å². The van der Waals surface area contributed by atoms with Gasteiger partial charge in [-0.15, -0.1) is 0 Å². The van der Waals surface area contributed by atoms with Crippen LogP contribution in [-0.2, 0) is 14.6 Å². The number of rotatable bonds is 18. The Morgan fingerprint density at radius 3 is 1.88 bits per heavy atom. The fourth-order valence-corrected chi connectivity index (χ4v) is 3.27. The first kappa shape index (κ1) is 28.8. The first-order valence-electron chi connectivity index (χ1n) is 10.3. The van der Waals surface area contributed by atoms with Crippen molar-refractivity contribution in [3.63, 3.8) is 0 Å². The van der Waals surface area contributed by atoms with Gasteiger partial charge in [0, 0.05) is 5.92 Å². The summed E-state index contributed by atoms with van der Waals surface area (Å²) in [6, 6.07) is 0. The van der Waals surface area contributed by atoms with E-state index in [-0.39, 0.29) is 42.1 Å². The molecule has 26 heavy (non-hydrogen) atoms. The molecule has 0 rings (SSSR count). The molecule has 0 aliphatic carbocycles. The third kappa shape index (κ3) is 22.7. The van der Waals surface area contributed by atoms with E-state index in [1.165, 1.54) is 64.2 Å². The molecule has 0 fully saturated rings. The van der Waals surface area contributed by atoms with Gasteiger partial charge >= 0.3 is 29.6 Å². The molecule has 0 amide bonds. The van der Waals surface area contributed by atoms with E-state index in [9.17, 15) is 13.0 Å². The minimum Gasteiger partial charge on any atom is -0.726 e. The van der Waals surface area contributed by atoms with Gasteiger partial charge in [0.05, 0.1) is 6.61 Å². The topological polar surface area (TPSA) is 66.4 Å². The Hall–Kier alpha value is 0.610. The van der Waals surface area contributed by atoms with Crippen molar-refractivity contribution in [2.45, 2.75) is 104 Å². The largest absolute Gasteiger partial charge is 1.00 e. The zero-order chi connectivity index (χ0) is 18.8. The number of hydrogen-bond donors (Lipinski definition) is 0. The minimum absolute atomic E-state index is 0. The van der Waals surface area contributed by atoms with Gasteiger partial charge in [0.2, 0.25) is 10.4 Å². The summed E-state index contributed by atoms with van der Waals surface area (Å²) in [4.78, 5) is 0. The molecule has 0 saturated carbocycles. The van der Waals surface area contributed by atoms with Crippen LogP contribution in [0.3, 0.4) is 0 Å². The van der Waals surface area contributed by atoms with Crippen LogP contribution in [0.2, 0.25) is 0 Å². The molecule has 0 radical (unpaired) electrons. The van der Waals surface area contributed by atoms with E-state index in [2.05, 4.69) is 24.1 Å². The number of hydrogen-bond acceptors (Lipinski definition) is 4. The van der Waals surface area contributed by atoms with Crippen LogP contribution in [-0.4, -0.2) is 19.6 Å². The van der Waals surface area contributed by atoms with Crippen LogP contribution in [0.5, 0.6) is 0 Å². The second-order valence-electron chi connectivity index (χ2n) is 6.99. The molecule has 0 N–H and O–H groups in total. The van der Waals surface area contributed by atoms with E-state index in [0.29, 0.717) is 0 Å². The van der Waals surface area contributed by atoms with Crippen molar-refractivity contribution in [3.8, 4) is 0 Å². The molecule has 0 saturated heterocycles. The standard InChI is InChI=1S/C20H40O4S.Na/c1-3-5-7-9-10-11-12-13-14-16-18-20(17-15-8-6-4-2)19-24-25(21,22)23;/h16,18,20H,3-15,17,19H2,1-2H3,(H,21,22,23);/q;+1/p-1/b18-16+;. The molecule has 6 heteroatoms. The summed E-state index contributed by atoms with van der Waals surface area (Å²) in [5.41, 5.74) is 0. The second kappa shape index (κ2) is 20.3. The second-order valence-corrected chi connectivity index (χ2v) is 8.05. The Morgan fingerprint density at radius 2 is 1.35 bits per heavy atom. The third-order valence-electron chi connectivity index (χ3n) is 4.49. The van der Waals surface area contributed by atoms with Gasteiger partial charge in [-0.05, 0) is 19.3 Å². The summed E-state index contributed by atoms with van der Waals surface area (Å²) in [7, 11) is -4.59. The van der Waals surface area contributed by atoms with Gasteiger partial charge < -0.3 is 4.55 Å². The first-order chi connectivity index (χ1) is 12.0. The van der Waals surface area contributed by atoms with Crippen LogP contribution < -0.4 is 29.6 Å². The van der Waals surface area contributed by atoms with Crippen LogP contribution >= 0.6 is 0 Å². The molecule has 1 unspecified atom stereocenters. The maximum absolute atomic E-state index is 10.7. The van der Waals surface area contributed by atoms with Crippen LogP contribution in [0.4, 0.5) is 0 Å². The average Bonchev–Trinajstić information content (AvgIpc) is 2.56. The SMILES string of the molecule is CCCCCCCCCC/C=C/C(CCCCCC)COS(=O)(=O)[O-].[Na+]. The van der Waals surface area contributed by atoms with Gasteiger partial charge in [0.25, 0.3) is 0 Å². The van der Waals surface area contributed by atoms with Gasteiger partial charge in [-0.2, -0.15) is 0 Å². The van der Waals surface area contributed by atoms with Gasteiger partial charge in [-0.25, -0.2) is 8.42 Å². The number of unbranched alkanes of at least 4 members (excludes halogenated alkanes) is 11. The zero-order valence-corrected chi connectivity index (χ0v) is 20.2. The molecule has 0 aromatic heterocycles. The predicted octanol–water partition coefficient (Wildman–Crippen LogP) is 3.14. The van der Waals surface area contributed by atoms with Crippen molar-refractivity contribution in [1.82, 2.24) is 0 Å². The Labute approximate surface area is 184 Å². The van der Waals surface area contributed by atoms with E-state index >= 15 is 0 Å². The molecule has 0 spiro atoms. The summed E-state index contributed by atoms with van der Waals surface area (Å²) in [5.74, 6) is 0.0228. The van der Waals surface area contributed by atoms with Gasteiger partial charge in [-0.1, -0.05) is 96.6 Å². The maximum atomic E-state index is 10.7. The molecule has 0 aromatic carbocycles. The Morgan fingerprint density at radius 1 is 0.846 bits per heavy atom. The van der Waals surface area contributed by atoms with E-state index in [1.807, 2.05) is 6.08 Å².